The quantitative estimate of drug-likeness (QED) is 0.837. The molecule has 0 N–H and O–H groups in total. The van der Waals surface area contributed by atoms with Gasteiger partial charge < -0.3 is 0 Å². The molecular weight excluding hydrogens is 327 g/mol. The maximum absolute atomic E-state index is 13.3. The molecule has 1 aromatic rings. The summed E-state index contributed by atoms with van der Waals surface area (Å²) in [5.74, 6) is -0.396. The van der Waals surface area contributed by atoms with Crippen LogP contribution in [0, 0.1) is 12.7 Å². The molecule has 1 aromatic carbocycles. The lowest BCUT2D eigenvalue weighted by Gasteiger charge is -2.38. The molecule has 0 saturated carbocycles. The first kappa shape index (κ1) is 17.8. The Kier molecular flexibility index (Phi) is 5.57. The Morgan fingerprint density at radius 2 is 1.75 bits per heavy atom. The third kappa shape index (κ3) is 3.81. The summed E-state index contributed by atoms with van der Waals surface area (Å²) in [5, 5.41) is 0. The fourth-order valence-electron chi connectivity index (χ4n) is 3.94. The normalized spacial score (nSPS) is 24.7. The van der Waals surface area contributed by atoms with Crippen LogP contribution in [0.25, 0.3) is 0 Å². The highest BCUT2D eigenvalue weighted by Gasteiger charge is 2.33. The molecule has 1 atom stereocenters. The maximum Gasteiger partial charge on any atom is 0.243 e. The standard InChI is InChI=1S/C18H27FN2O2S/c1-15-13-16(19)8-9-18(15)24(22,23)21-12-6-7-17(14-21)20-10-4-2-3-5-11-20/h8-9,13,17H,2-7,10-12,14H2,1H3. The number of benzene rings is 1. The topological polar surface area (TPSA) is 40.6 Å². The first-order chi connectivity index (χ1) is 11.5. The second-order valence-electron chi connectivity index (χ2n) is 7.02. The molecule has 0 aromatic heterocycles. The predicted molar refractivity (Wildman–Crippen MR) is 93.0 cm³/mol. The zero-order valence-corrected chi connectivity index (χ0v) is 15.2. The van der Waals surface area contributed by atoms with E-state index < -0.39 is 15.8 Å². The number of likely N-dealkylation sites (tertiary alicyclic amines) is 1. The van der Waals surface area contributed by atoms with Gasteiger partial charge in [-0.3, -0.25) is 4.90 Å². The zero-order chi connectivity index (χ0) is 17.2. The van der Waals surface area contributed by atoms with E-state index in [1.807, 2.05) is 0 Å². The van der Waals surface area contributed by atoms with Gasteiger partial charge in [-0.05, 0) is 69.5 Å². The first-order valence-corrected chi connectivity index (χ1v) is 10.4. The van der Waals surface area contributed by atoms with E-state index >= 15 is 0 Å². The summed E-state index contributed by atoms with van der Waals surface area (Å²) in [5.41, 5.74) is 0.479. The fraction of sp³-hybridized carbons (Fsp3) is 0.667. The van der Waals surface area contributed by atoms with E-state index in [1.165, 1.54) is 43.9 Å². The van der Waals surface area contributed by atoms with Crippen molar-refractivity contribution in [3.63, 3.8) is 0 Å². The summed E-state index contributed by atoms with van der Waals surface area (Å²) >= 11 is 0. The van der Waals surface area contributed by atoms with Crippen LogP contribution in [-0.2, 0) is 10.0 Å². The van der Waals surface area contributed by atoms with Crippen molar-refractivity contribution in [3.05, 3.63) is 29.6 Å². The predicted octanol–water partition coefficient (Wildman–Crippen LogP) is 3.16. The third-order valence-electron chi connectivity index (χ3n) is 5.27. The maximum atomic E-state index is 13.3. The van der Waals surface area contributed by atoms with E-state index in [0.717, 1.165) is 25.9 Å². The van der Waals surface area contributed by atoms with Crippen molar-refractivity contribution >= 4 is 10.0 Å². The summed E-state index contributed by atoms with van der Waals surface area (Å²) < 4.78 is 40.9. The summed E-state index contributed by atoms with van der Waals surface area (Å²) in [7, 11) is -3.55. The van der Waals surface area contributed by atoms with Gasteiger partial charge in [-0.1, -0.05) is 12.8 Å². The number of piperidine rings is 1. The van der Waals surface area contributed by atoms with Gasteiger partial charge in [-0.2, -0.15) is 4.31 Å². The van der Waals surface area contributed by atoms with E-state index in [9.17, 15) is 12.8 Å². The zero-order valence-electron chi connectivity index (χ0n) is 14.4. The van der Waals surface area contributed by atoms with E-state index in [-0.39, 0.29) is 4.90 Å². The Balaban J connectivity index is 1.77. The van der Waals surface area contributed by atoms with Gasteiger partial charge in [0.05, 0.1) is 4.90 Å². The molecule has 24 heavy (non-hydrogen) atoms. The largest absolute Gasteiger partial charge is 0.299 e. The molecule has 2 saturated heterocycles. The Morgan fingerprint density at radius 3 is 2.42 bits per heavy atom. The highest BCUT2D eigenvalue weighted by Crippen LogP contribution is 2.26. The molecule has 0 bridgehead atoms. The Morgan fingerprint density at radius 1 is 1.04 bits per heavy atom. The molecule has 1 unspecified atom stereocenters. The molecule has 6 heteroatoms. The van der Waals surface area contributed by atoms with Crippen LogP contribution >= 0.6 is 0 Å². The summed E-state index contributed by atoms with van der Waals surface area (Å²) in [6.45, 7) is 4.93. The number of nitrogens with zero attached hydrogens (tertiary/aromatic N) is 2. The minimum atomic E-state index is -3.55. The molecule has 0 aliphatic carbocycles. The molecule has 0 spiro atoms. The molecule has 2 aliphatic rings. The molecule has 3 rings (SSSR count). The highest BCUT2D eigenvalue weighted by atomic mass is 32.2. The van der Waals surface area contributed by atoms with Gasteiger partial charge in [0.2, 0.25) is 10.0 Å². The Labute approximate surface area is 144 Å². The molecule has 2 aliphatic heterocycles. The first-order valence-electron chi connectivity index (χ1n) is 8.99. The molecule has 0 amide bonds. The van der Waals surface area contributed by atoms with Crippen LogP contribution in [0.15, 0.2) is 23.1 Å². The molecule has 2 heterocycles. The summed E-state index contributed by atoms with van der Waals surface area (Å²) in [6, 6.07) is 4.24. The minimum Gasteiger partial charge on any atom is -0.299 e. The highest BCUT2D eigenvalue weighted by molar-refractivity contribution is 7.89. The van der Waals surface area contributed by atoms with Gasteiger partial charge in [0.1, 0.15) is 5.82 Å². The molecule has 2 fully saturated rings. The molecule has 134 valence electrons. The average Bonchev–Trinajstić information content (AvgIpc) is 2.84. The number of halogens is 1. The van der Waals surface area contributed by atoms with Crippen LogP contribution in [-0.4, -0.2) is 49.8 Å². The van der Waals surface area contributed by atoms with Crippen LogP contribution < -0.4 is 0 Å². The van der Waals surface area contributed by atoms with Crippen molar-refractivity contribution in [1.29, 1.82) is 0 Å². The van der Waals surface area contributed by atoms with Crippen LogP contribution in [0.4, 0.5) is 4.39 Å². The molecular formula is C18H27FN2O2S. The number of sulfonamides is 1. The van der Waals surface area contributed by atoms with Gasteiger partial charge in [-0.15, -0.1) is 0 Å². The minimum absolute atomic E-state index is 0.236. The Hall–Kier alpha value is -0.980. The number of hydrogen-bond acceptors (Lipinski definition) is 3. The van der Waals surface area contributed by atoms with Crippen molar-refractivity contribution in [2.75, 3.05) is 26.2 Å². The van der Waals surface area contributed by atoms with E-state index in [4.69, 9.17) is 0 Å². The van der Waals surface area contributed by atoms with Gasteiger partial charge in [0.25, 0.3) is 0 Å². The summed E-state index contributed by atoms with van der Waals surface area (Å²) in [6.07, 6.45) is 6.93. The van der Waals surface area contributed by atoms with Crippen molar-refractivity contribution < 1.29 is 12.8 Å². The second kappa shape index (κ2) is 7.50. The van der Waals surface area contributed by atoms with Crippen LogP contribution in [0.5, 0.6) is 0 Å². The van der Waals surface area contributed by atoms with Crippen LogP contribution in [0.3, 0.4) is 0 Å². The van der Waals surface area contributed by atoms with Gasteiger partial charge in [0, 0.05) is 19.1 Å². The lowest BCUT2D eigenvalue weighted by molar-refractivity contribution is 0.139. The van der Waals surface area contributed by atoms with Crippen LogP contribution in [0.1, 0.15) is 44.1 Å². The third-order valence-corrected chi connectivity index (χ3v) is 7.30. The lowest BCUT2D eigenvalue weighted by Crippen LogP contribution is -2.50. The monoisotopic (exact) mass is 354 g/mol. The fourth-order valence-corrected chi connectivity index (χ4v) is 5.66. The second-order valence-corrected chi connectivity index (χ2v) is 8.93. The Bertz CT molecular complexity index is 670. The van der Waals surface area contributed by atoms with Crippen LogP contribution in [0.2, 0.25) is 0 Å². The van der Waals surface area contributed by atoms with E-state index in [0.29, 0.717) is 24.7 Å². The van der Waals surface area contributed by atoms with Crippen molar-refractivity contribution in [2.24, 2.45) is 0 Å². The molecule has 4 nitrogen and oxygen atoms in total. The number of aryl methyl sites for hydroxylation is 1. The number of rotatable bonds is 3. The van der Waals surface area contributed by atoms with E-state index in [1.54, 1.807) is 11.2 Å². The smallest absolute Gasteiger partial charge is 0.243 e. The van der Waals surface area contributed by atoms with Crippen molar-refractivity contribution in [1.82, 2.24) is 9.21 Å². The SMILES string of the molecule is Cc1cc(F)ccc1S(=O)(=O)N1CCCC(N2CCCCCC2)C1. The lowest BCUT2D eigenvalue weighted by atomic mass is 10.1. The number of hydrogen-bond donors (Lipinski definition) is 0. The average molecular weight is 354 g/mol. The van der Waals surface area contributed by atoms with E-state index in [2.05, 4.69) is 4.90 Å². The van der Waals surface area contributed by atoms with Gasteiger partial charge >= 0.3 is 0 Å². The summed E-state index contributed by atoms with van der Waals surface area (Å²) in [4.78, 5) is 2.71. The van der Waals surface area contributed by atoms with Gasteiger partial charge in [0.15, 0.2) is 0 Å². The van der Waals surface area contributed by atoms with Crippen molar-refractivity contribution in [3.8, 4) is 0 Å². The van der Waals surface area contributed by atoms with Crippen molar-refractivity contribution in [2.45, 2.75) is 56.4 Å². The molecule has 0 radical (unpaired) electrons. The van der Waals surface area contributed by atoms with Gasteiger partial charge in [-0.25, -0.2) is 12.8 Å².